The molecule has 1 saturated carbocycles. The third-order valence-corrected chi connectivity index (χ3v) is 5.20. The predicted molar refractivity (Wildman–Crippen MR) is 95.6 cm³/mol. The Hall–Kier alpha value is -1.82. The van der Waals surface area contributed by atoms with Crippen molar-refractivity contribution in [3.05, 3.63) is 29.8 Å². The first-order valence-electron chi connectivity index (χ1n) is 9.34. The Morgan fingerprint density at radius 3 is 2.42 bits per heavy atom. The van der Waals surface area contributed by atoms with Crippen molar-refractivity contribution in [3.63, 3.8) is 0 Å². The normalized spacial score (nSPS) is 23.5. The summed E-state index contributed by atoms with van der Waals surface area (Å²) in [6, 6.07) is 10.4. The van der Waals surface area contributed by atoms with Crippen molar-refractivity contribution < 1.29 is 9.53 Å². The van der Waals surface area contributed by atoms with Crippen LogP contribution in [-0.4, -0.2) is 5.97 Å². The van der Waals surface area contributed by atoms with Crippen LogP contribution in [0.1, 0.15) is 70.8 Å². The lowest BCUT2D eigenvalue weighted by atomic mass is 9.69. The molecule has 24 heavy (non-hydrogen) atoms. The fourth-order valence-electron chi connectivity index (χ4n) is 3.61. The summed E-state index contributed by atoms with van der Waals surface area (Å²) in [5, 5.41) is 9.45. The quantitative estimate of drug-likeness (QED) is 0.495. The lowest BCUT2D eigenvalue weighted by Crippen LogP contribution is -2.31. The summed E-state index contributed by atoms with van der Waals surface area (Å²) < 4.78 is 5.55. The number of carbonyl (C=O) groups excluding carboxylic acids is 1. The number of nitriles is 1. The highest BCUT2D eigenvalue weighted by atomic mass is 16.5. The van der Waals surface area contributed by atoms with Crippen molar-refractivity contribution in [1.82, 2.24) is 0 Å². The van der Waals surface area contributed by atoms with E-state index in [1.165, 1.54) is 18.4 Å². The minimum Gasteiger partial charge on any atom is -0.426 e. The number of esters is 1. The van der Waals surface area contributed by atoms with Crippen LogP contribution in [0.2, 0.25) is 0 Å². The molecule has 0 radical (unpaired) electrons. The average molecular weight is 327 g/mol. The van der Waals surface area contributed by atoms with Gasteiger partial charge >= 0.3 is 5.97 Å². The molecule has 0 atom stereocenters. The SMILES string of the molecule is CCCCc1ccc(OC(=O)C2CCC(C#N)(CCC)CC2)cc1. The van der Waals surface area contributed by atoms with Crippen molar-refractivity contribution in [1.29, 1.82) is 5.26 Å². The molecule has 0 heterocycles. The van der Waals surface area contributed by atoms with Crippen LogP contribution in [0.25, 0.3) is 0 Å². The summed E-state index contributed by atoms with van der Waals surface area (Å²) in [7, 11) is 0. The van der Waals surface area contributed by atoms with Crippen molar-refractivity contribution in [2.24, 2.45) is 11.3 Å². The molecule has 1 aromatic carbocycles. The Morgan fingerprint density at radius 2 is 1.88 bits per heavy atom. The monoisotopic (exact) mass is 327 g/mol. The zero-order chi connectivity index (χ0) is 17.4. The standard InChI is InChI=1S/C21H29NO2/c1-3-5-6-17-7-9-19(10-8-17)24-20(23)18-11-14-21(16-22,13-4-2)15-12-18/h7-10,18H,3-6,11-15H2,1-2H3. The second kappa shape index (κ2) is 8.87. The minimum absolute atomic E-state index is 0.0666. The van der Waals surface area contributed by atoms with Gasteiger partial charge in [0.05, 0.1) is 17.4 Å². The van der Waals surface area contributed by atoms with Gasteiger partial charge in [-0.05, 0) is 62.6 Å². The summed E-state index contributed by atoms with van der Waals surface area (Å²) in [6.45, 7) is 4.30. The van der Waals surface area contributed by atoms with E-state index in [2.05, 4.69) is 19.9 Å². The van der Waals surface area contributed by atoms with Gasteiger partial charge in [-0.25, -0.2) is 0 Å². The number of hydrogen-bond donors (Lipinski definition) is 0. The summed E-state index contributed by atoms with van der Waals surface area (Å²) in [5.74, 6) is 0.424. The van der Waals surface area contributed by atoms with Crippen LogP contribution in [-0.2, 0) is 11.2 Å². The second-order valence-electron chi connectivity index (χ2n) is 7.09. The van der Waals surface area contributed by atoms with E-state index in [1.807, 2.05) is 24.3 Å². The van der Waals surface area contributed by atoms with Crippen molar-refractivity contribution in [2.75, 3.05) is 0 Å². The zero-order valence-electron chi connectivity index (χ0n) is 15.0. The number of hydrogen-bond acceptors (Lipinski definition) is 3. The lowest BCUT2D eigenvalue weighted by molar-refractivity contribution is -0.140. The molecular formula is C21H29NO2. The summed E-state index contributed by atoms with van der Waals surface area (Å²) in [5.41, 5.74) is 1.07. The topological polar surface area (TPSA) is 50.1 Å². The molecule has 0 aliphatic heterocycles. The summed E-state index contributed by atoms with van der Waals surface area (Å²) >= 11 is 0. The molecule has 0 amide bonds. The van der Waals surface area contributed by atoms with Gasteiger partial charge in [-0.1, -0.05) is 38.8 Å². The van der Waals surface area contributed by atoms with E-state index in [0.29, 0.717) is 5.75 Å². The number of carbonyl (C=O) groups is 1. The smallest absolute Gasteiger partial charge is 0.314 e. The molecular weight excluding hydrogens is 298 g/mol. The van der Waals surface area contributed by atoms with E-state index >= 15 is 0 Å². The molecule has 0 bridgehead atoms. The lowest BCUT2D eigenvalue weighted by Gasteiger charge is -2.33. The molecule has 0 N–H and O–H groups in total. The van der Waals surface area contributed by atoms with Gasteiger partial charge in [0.1, 0.15) is 5.75 Å². The van der Waals surface area contributed by atoms with E-state index in [9.17, 15) is 10.1 Å². The van der Waals surface area contributed by atoms with Crippen LogP contribution in [0.4, 0.5) is 0 Å². The van der Waals surface area contributed by atoms with Crippen LogP contribution in [0.5, 0.6) is 5.75 Å². The highest BCUT2D eigenvalue weighted by Crippen LogP contribution is 2.42. The molecule has 0 spiro atoms. The van der Waals surface area contributed by atoms with Crippen LogP contribution < -0.4 is 4.74 Å². The fourth-order valence-corrected chi connectivity index (χ4v) is 3.61. The van der Waals surface area contributed by atoms with Gasteiger partial charge in [0.25, 0.3) is 0 Å². The number of rotatable bonds is 7. The summed E-state index contributed by atoms with van der Waals surface area (Å²) in [4.78, 5) is 12.4. The van der Waals surface area contributed by atoms with Crippen molar-refractivity contribution in [2.45, 2.75) is 71.6 Å². The Kier molecular flexibility index (Phi) is 6.85. The molecule has 0 saturated heterocycles. The largest absolute Gasteiger partial charge is 0.426 e. The Balaban J connectivity index is 1.86. The highest BCUT2D eigenvalue weighted by molar-refractivity contribution is 5.75. The van der Waals surface area contributed by atoms with Crippen LogP contribution in [0, 0.1) is 22.7 Å². The van der Waals surface area contributed by atoms with Crippen molar-refractivity contribution >= 4 is 5.97 Å². The van der Waals surface area contributed by atoms with Gasteiger partial charge in [-0.3, -0.25) is 4.79 Å². The van der Waals surface area contributed by atoms with E-state index in [0.717, 1.165) is 44.9 Å². The molecule has 0 aromatic heterocycles. The first kappa shape index (κ1) is 18.5. The van der Waals surface area contributed by atoms with Crippen LogP contribution >= 0.6 is 0 Å². The number of ether oxygens (including phenoxy) is 1. The van der Waals surface area contributed by atoms with E-state index < -0.39 is 0 Å². The van der Waals surface area contributed by atoms with E-state index in [1.54, 1.807) is 0 Å². The van der Waals surface area contributed by atoms with Gasteiger partial charge in [0.2, 0.25) is 0 Å². The second-order valence-corrected chi connectivity index (χ2v) is 7.09. The molecule has 1 aromatic rings. The number of benzene rings is 1. The molecule has 0 unspecified atom stereocenters. The van der Waals surface area contributed by atoms with E-state index in [-0.39, 0.29) is 17.3 Å². The maximum Gasteiger partial charge on any atom is 0.314 e. The highest BCUT2D eigenvalue weighted by Gasteiger charge is 2.37. The number of nitrogens with zero attached hydrogens (tertiary/aromatic N) is 1. The third kappa shape index (κ3) is 4.84. The van der Waals surface area contributed by atoms with Crippen molar-refractivity contribution in [3.8, 4) is 11.8 Å². The number of aryl methyl sites for hydroxylation is 1. The van der Waals surface area contributed by atoms with E-state index in [4.69, 9.17) is 4.74 Å². The maximum atomic E-state index is 12.4. The average Bonchev–Trinajstić information content (AvgIpc) is 2.62. The summed E-state index contributed by atoms with van der Waals surface area (Å²) in [6.07, 6.45) is 8.54. The Morgan fingerprint density at radius 1 is 1.21 bits per heavy atom. The molecule has 1 aliphatic rings. The molecule has 1 aliphatic carbocycles. The Bertz CT molecular complexity index is 562. The van der Waals surface area contributed by atoms with Crippen LogP contribution in [0.3, 0.4) is 0 Å². The Labute approximate surface area is 146 Å². The van der Waals surface area contributed by atoms with Gasteiger partial charge in [0.15, 0.2) is 0 Å². The predicted octanol–water partition coefficient (Wildman–Crippen LogP) is 5.43. The van der Waals surface area contributed by atoms with Gasteiger partial charge in [0, 0.05) is 0 Å². The van der Waals surface area contributed by atoms with Gasteiger partial charge in [-0.2, -0.15) is 5.26 Å². The fraction of sp³-hybridized carbons (Fsp3) is 0.619. The third-order valence-electron chi connectivity index (χ3n) is 5.20. The molecule has 3 heteroatoms. The first-order chi connectivity index (χ1) is 11.6. The minimum atomic E-state index is -0.216. The molecule has 130 valence electrons. The van der Waals surface area contributed by atoms with Gasteiger partial charge in [-0.15, -0.1) is 0 Å². The zero-order valence-corrected chi connectivity index (χ0v) is 15.0. The number of unbranched alkanes of at least 4 members (excludes halogenated alkanes) is 1. The molecule has 2 rings (SSSR count). The van der Waals surface area contributed by atoms with Crippen LogP contribution in [0.15, 0.2) is 24.3 Å². The molecule has 1 fully saturated rings. The maximum absolute atomic E-state index is 12.4. The first-order valence-corrected chi connectivity index (χ1v) is 9.34. The molecule has 3 nitrogen and oxygen atoms in total. The van der Waals surface area contributed by atoms with Gasteiger partial charge < -0.3 is 4.74 Å².